The van der Waals surface area contributed by atoms with E-state index in [9.17, 15) is 19.8 Å². The average molecular weight is 529 g/mol. The van der Waals surface area contributed by atoms with Crippen molar-refractivity contribution in [3.8, 4) is 0 Å². The maximum Gasteiger partial charge on any atom is 0.332 e. The number of aromatic nitrogens is 4. The molecule has 0 spiro atoms. The maximum atomic E-state index is 13.0. The first-order valence-electron chi connectivity index (χ1n) is 12.0. The molecule has 0 saturated carbocycles. The van der Waals surface area contributed by atoms with E-state index >= 15 is 0 Å². The molecule has 2 aromatic heterocycles. The number of aliphatic hydroxyl groups is 2. The average Bonchev–Trinajstić information content (AvgIpc) is 3.26. The molecule has 0 aliphatic carbocycles. The van der Waals surface area contributed by atoms with Crippen LogP contribution in [0.4, 0.5) is 5.95 Å². The lowest BCUT2D eigenvalue weighted by Crippen LogP contribution is -3.00. The molecule has 0 saturated heterocycles. The molecule has 11 heteroatoms. The van der Waals surface area contributed by atoms with E-state index in [1.54, 1.807) is 11.6 Å². The highest BCUT2D eigenvalue weighted by molar-refractivity contribution is 5.74. The summed E-state index contributed by atoms with van der Waals surface area (Å²) in [6.45, 7) is 2.75. The highest BCUT2D eigenvalue weighted by atomic mass is 35.5. The predicted octanol–water partition coefficient (Wildman–Crippen LogP) is -2.90. The number of nitrogens with two attached hydrogens (primary N) is 1. The van der Waals surface area contributed by atoms with Crippen LogP contribution in [0.25, 0.3) is 11.2 Å². The maximum absolute atomic E-state index is 13.0. The zero-order valence-corrected chi connectivity index (χ0v) is 21.8. The largest absolute Gasteiger partial charge is 1.00 e. The molecule has 37 heavy (non-hydrogen) atoms. The summed E-state index contributed by atoms with van der Waals surface area (Å²) in [7, 11) is 2.99. The van der Waals surface area contributed by atoms with Crippen LogP contribution in [0.1, 0.15) is 24.2 Å². The van der Waals surface area contributed by atoms with Crippen molar-refractivity contribution >= 4 is 17.1 Å². The second-order valence-electron chi connectivity index (χ2n) is 9.10. The van der Waals surface area contributed by atoms with Crippen LogP contribution in [0.15, 0.2) is 70.3 Å². The van der Waals surface area contributed by atoms with Gasteiger partial charge in [0.15, 0.2) is 11.2 Å². The number of fused-ring (bicyclic) bond motifs is 1. The van der Waals surface area contributed by atoms with Crippen molar-refractivity contribution in [3.05, 3.63) is 92.6 Å². The van der Waals surface area contributed by atoms with E-state index in [1.165, 1.54) is 11.6 Å². The fraction of sp³-hybridized carbons (Fsp3) is 0.346. The molecule has 0 bridgehead atoms. The fourth-order valence-electron chi connectivity index (χ4n) is 4.28. The number of nitrogens with one attached hydrogen (secondary N) is 1. The lowest BCUT2D eigenvalue weighted by atomic mass is 10.0. The first kappa shape index (κ1) is 28.1. The van der Waals surface area contributed by atoms with Gasteiger partial charge in [0, 0.05) is 20.6 Å². The van der Waals surface area contributed by atoms with Gasteiger partial charge < -0.3 is 37.8 Å². The Labute approximate surface area is 220 Å². The van der Waals surface area contributed by atoms with E-state index in [0.29, 0.717) is 19.0 Å². The summed E-state index contributed by atoms with van der Waals surface area (Å²) in [4.78, 5) is 30.1. The number of quaternary nitrogens is 1. The number of rotatable bonds is 10. The third kappa shape index (κ3) is 6.11. The first-order chi connectivity index (χ1) is 17.3. The number of hydrogen-bond acceptors (Lipinski definition) is 6. The number of halogens is 1. The van der Waals surface area contributed by atoms with Crippen LogP contribution in [0.5, 0.6) is 0 Å². The van der Waals surface area contributed by atoms with Crippen molar-refractivity contribution in [2.75, 3.05) is 11.9 Å². The normalized spacial score (nSPS) is 13.6. The number of benzene rings is 2. The van der Waals surface area contributed by atoms with E-state index in [1.807, 2.05) is 72.9 Å². The second kappa shape index (κ2) is 12.2. The Bertz CT molecular complexity index is 1430. The Morgan fingerprint density at radius 2 is 1.59 bits per heavy atom. The Morgan fingerprint density at radius 3 is 2.24 bits per heavy atom. The van der Waals surface area contributed by atoms with Gasteiger partial charge in [-0.05, 0) is 18.1 Å². The number of aryl methyl sites for hydroxylation is 1. The summed E-state index contributed by atoms with van der Waals surface area (Å²) in [6, 6.07) is 18.9. The molecule has 10 nitrogen and oxygen atoms in total. The third-order valence-electron chi connectivity index (χ3n) is 6.45. The highest BCUT2D eigenvalue weighted by Crippen LogP contribution is 2.18. The van der Waals surface area contributed by atoms with Crippen LogP contribution in [0, 0.1) is 0 Å². The van der Waals surface area contributed by atoms with Gasteiger partial charge in [-0.3, -0.25) is 13.9 Å². The lowest BCUT2D eigenvalue weighted by molar-refractivity contribution is -0.699. The lowest BCUT2D eigenvalue weighted by Gasteiger charge is -2.20. The molecule has 198 valence electrons. The van der Waals surface area contributed by atoms with Crippen LogP contribution in [0.2, 0.25) is 0 Å². The van der Waals surface area contributed by atoms with Crippen molar-refractivity contribution in [2.24, 2.45) is 14.1 Å². The molecule has 0 aliphatic rings. The summed E-state index contributed by atoms with van der Waals surface area (Å²) in [6.07, 6.45) is -1.52. The molecule has 0 aliphatic heterocycles. The summed E-state index contributed by atoms with van der Waals surface area (Å²) in [5.41, 5.74) is 1.39. The summed E-state index contributed by atoms with van der Waals surface area (Å²) in [5.74, 6) is 0.392. The Kier molecular flexibility index (Phi) is 9.28. The van der Waals surface area contributed by atoms with E-state index in [0.717, 1.165) is 15.7 Å². The monoisotopic (exact) mass is 528 g/mol. The summed E-state index contributed by atoms with van der Waals surface area (Å²) in [5, 5.41) is 26.7. The number of hydrogen-bond donors (Lipinski definition) is 4. The van der Waals surface area contributed by atoms with Crippen LogP contribution in [-0.2, 0) is 27.2 Å². The van der Waals surface area contributed by atoms with Gasteiger partial charge in [-0.2, -0.15) is 4.98 Å². The molecule has 2 heterocycles. The molecule has 4 aromatic rings. The van der Waals surface area contributed by atoms with Gasteiger partial charge in [0.1, 0.15) is 24.8 Å². The fourth-order valence-corrected chi connectivity index (χ4v) is 4.28. The Hall–Kier alpha value is -3.44. The van der Waals surface area contributed by atoms with Gasteiger partial charge in [-0.1, -0.05) is 60.7 Å². The van der Waals surface area contributed by atoms with Gasteiger partial charge in [0.2, 0.25) is 5.95 Å². The van der Waals surface area contributed by atoms with E-state index in [-0.39, 0.29) is 36.2 Å². The molecular formula is C26H33ClN6O4. The topological polar surface area (TPSA) is 131 Å². The Balaban J connectivity index is 0.00000380. The van der Waals surface area contributed by atoms with Gasteiger partial charge in [-0.15, -0.1) is 0 Å². The molecular weight excluding hydrogens is 496 g/mol. The van der Waals surface area contributed by atoms with Crippen molar-refractivity contribution in [1.29, 1.82) is 0 Å². The third-order valence-corrected chi connectivity index (χ3v) is 6.45. The molecule has 0 radical (unpaired) electrons. The first-order valence-corrected chi connectivity index (χ1v) is 12.0. The summed E-state index contributed by atoms with van der Waals surface area (Å²) < 4.78 is 4.01. The molecule has 5 N–H and O–H groups in total. The number of anilines is 1. The molecule has 0 fully saturated rings. The molecule has 0 amide bonds. The van der Waals surface area contributed by atoms with Crippen molar-refractivity contribution < 1.29 is 27.9 Å². The number of aliphatic hydroxyl groups excluding tert-OH is 2. The SMILES string of the molecule is CC([NH2+]CC(O)Cn1c(NCc2ccccc2)nc2c1c(=O)n(C)c(=O)n2C)C(O)c1ccccc1.[Cl-]. The highest BCUT2D eigenvalue weighted by Gasteiger charge is 2.24. The zero-order valence-electron chi connectivity index (χ0n) is 21.1. The van der Waals surface area contributed by atoms with Crippen LogP contribution >= 0.6 is 0 Å². The Morgan fingerprint density at radius 1 is 0.973 bits per heavy atom. The number of nitrogens with zero attached hydrogens (tertiary/aromatic N) is 4. The minimum absolute atomic E-state index is 0. The smallest absolute Gasteiger partial charge is 0.332 e. The molecule has 3 atom stereocenters. The molecule has 4 rings (SSSR count). The van der Waals surface area contributed by atoms with Gasteiger partial charge in [0.25, 0.3) is 5.56 Å². The zero-order chi connectivity index (χ0) is 25.8. The van der Waals surface area contributed by atoms with Crippen LogP contribution < -0.4 is 34.3 Å². The molecule has 2 aromatic carbocycles. The van der Waals surface area contributed by atoms with E-state index in [4.69, 9.17) is 0 Å². The van der Waals surface area contributed by atoms with E-state index < -0.39 is 23.5 Å². The van der Waals surface area contributed by atoms with Gasteiger partial charge in [0.05, 0.1) is 6.54 Å². The van der Waals surface area contributed by atoms with Gasteiger partial charge in [-0.25, -0.2) is 4.79 Å². The van der Waals surface area contributed by atoms with Crippen molar-refractivity contribution in [2.45, 2.75) is 38.3 Å². The van der Waals surface area contributed by atoms with Crippen LogP contribution in [-0.4, -0.2) is 47.6 Å². The second-order valence-corrected chi connectivity index (χ2v) is 9.10. The van der Waals surface area contributed by atoms with Gasteiger partial charge >= 0.3 is 5.69 Å². The van der Waals surface area contributed by atoms with Crippen molar-refractivity contribution in [1.82, 2.24) is 18.7 Å². The van der Waals surface area contributed by atoms with E-state index in [2.05, 4.69) is 10.3 Å². The minimum Gasteiger partial charge on any atom is -1.00 e. The summed E-state index contributed by atoms with van der Waals surface area (Å²) >= 11 is 0. The predicted molar refractivity (Wildman–Crippen MR) is 138 cm³/mol. The minimum atomic E-state index is -0.841. The molecule has 3 unspecified atom stereocenters. The standard InChI is InChI=1S/C26H32N6O4.ClH/c1-17(22(34)19-12-8-5-9-13-19)27-15-20(33)16-32-21-23(30(2)26(36)31(3)24(21)35)29-25(32)28-14-18-10-6-4-7-11-18;/h4-13,17,20,22,27,33-34H,14-16H2,1-3H3,(H,28,29);1H. The quantitative estimate of drug-likeness (QED) is 0.175. The van der Waals surface area contributed by atoms with Crippen LogP contribution in [0.3, 0.4) is 0 Å². The van der Waals surface area contributed by atoms with Crippen molar-refractivity contribution in [3.63, 3.8) is 0 Å². The number of imidazole rings is 1.